The molecule has 4 unspecified atom stereocenters. The van der Waals surface area contributed by atoms with Crippen LogP contribution < -0.4 is 16.1 Å². The van der Waals surface area contributed by atoms with Crippen LogP contribution in [0.5, 0.6) is 0 Å². The number of anilines is 1. The molecule has 9 nitrogen and oxygen atoms in total. The molecule has 1 amide bonds. The number of rotatable bonds is 6. The predicted octanol–water partition coefficient (Wildman–Crippen LogP) is 2.03. The molecule has 1 aromatic carbocycles. The topological polar surface area (TPSA) is 130 Å². The van der Waals surface area contributed by atoms with E-state index in [4.69, 9.17) is 9.52 Å². The van der Waals surface area contributed by atoms with Gasteiger partial charge in [-0.2, -0.15) is 5.26 Å². The van der Waals surface area contributed by atoms with Crippen LogP contribution >= 0.6 is 0 Å². The van der Waals surface area contributed by atoms with Gasteiger partial charge in [0.2, 0.25) is 5.91 Å². The van der Waals surface area contributed by atoms with Crippen LogP contribution in [0.1, 0.15) is 39.5 Å². The van der Waals surface area contributed by atoms with Crippen molar-refractivity contribution in [1.82, 2.24) is 15.8 Å². The van der Waals surface area contributed by atoms with Gasteiger partial charge in [0.15, 0.2) is 0 Å². The maximum absolute atomic E-state index is 12.9. The van der Waals surface area contributed by atoms with Crippen LogP contribution in [0.3, 0.4) is 0 Å². The highest BCUT2D eigenvalue weighted by molar-refractivity contribution is 7.93. The lowest BCUT2D eigenvalue weighted by molar-refractivity contribution is -0.130. The van der Waals surface area contributed by atoms with Crippen LogP contribution in [0.4, 0.5) is 5.69 Å². The third-order valence-electron chi connectivity index (χ3n) is 6.84. The van der Waals surface area contributed by atoms with Gasteiger partial charge in [-0.25, -0.2) is 19.4 Å². The molecule has 3 aliphatic rings. The van der Waals surface area contributed by atoms with Gasteiger partial charge in [0.05, 0.1) is 40.3 Å². The molecule has 0 bridgehead atoms. The molecule has 32 heavy (non-hydrogen) atoms. The number of hydrazine groups is 1. The number of hydrogen-bond donors (Lipinski definition) is 4. The van der Waals surface area contributed by atoms with Crippen LogP contribution in [0.2, 0.25) is 0 Å². The fraction of sp³-hybridized carbons (Fsp3) is 0.636. The van der Waals surface area contributed by atoms with Gasteiger partial charge in [-0.15, -0.1) is 0 Å². The van der Waals surface area contributed by atoms with Gasteiger partial charge < -0.3 is 15.4 Å². The number of carbonyl (C=O) groups excluding carboxylic acids is 1. The highest BCUT2D eigenvalue weighted by Gasteiger charge is 2.54. The quantitative estimate of drug-likeness (QED) is 0.511. The Morgan fingerprint density at radius 3 is 2.78 bits per heavy atom. The summed E-state index contributed by atoms with van der Waals surface area (Å²) in [6.07, 6.45) is 2.49. The Kier molecular flexibility index (Phi) is 6.45. The van der Waals surface area contributed by atoms with Crippen molar-refractivity contribution in [1.29, 1.82) is 10.0 Å². The van der Waals surface area contributed by atoms with E-state index < -0.39 is 15.3 Å². The SMILES string of the molecule is CC(C)S(=N)(=O)c1ccc(NC2NN([C@]3(CC#N)CCCOC3)C3CCNC(=O)C23)cc1. The number of ether oxygens (including phenoxy) is 1. The van der Waals surface area contributed by atoms with Crippen LogP contribution in [0.15, 0.2) is 29.2 Å². The van der Waals surface area contributed by atoms with E-state index in [9.17, 15) is 14.3 Å². The van der Waals surface area contributed by atoms with E-state index in [1.807, 2.05) is 0 Å². The molecule has 174 valence electrons. The highest BCUT2D eigenvalue weighted by Crippen LogP contribution is 2.38. The molecule has 0 spiro atoms. The van der Waals surface area contributed by atoms with Crippen LogP contribution in [-0.2, 0) is 19.3 Å². The molecule has 0 saturated carbocycles. The van der Waals surface area contributed by atoms with Crippen molar-refractivity contribution in [2.75, 3.05) is 25.1 Å². The summed E-state index contributed by atoms with van der Waals surface area (Å²) >= 11 is 0. The Bertz CT molecular complexity index is 982. The lowest BCUT2D eigenvalue weighted by Crippen LogP contribution is -2.61. The first-order valence-corrected chi connectivity index (χ1v) is 12.8. The summed E-state index contributed by atoms with van der Waals surface area (Å²) in [6, 6.07) is 9.34. The third-order valence-corrected chi connectivity index (χ3v) is 9.14. The van der Waals surface area contributed by atoms with Crippen LogP contribution in [-0.4, -0.2) is 57.9 Å². The second kappa shape index (κ2) is 8.98. The molecule has 3 aliphatic heterocycles. The van der Waals surface area contributed by atoms with Gasteiger partial charge in [-0.05, 0) is 57.4 Å². The fourth-order valence-corrected chi connectivity index (χ4v) is 6.10. The standard InChI is InChI=1S/C22H32N6O3S/c1-15(2)32(24,30)17-6-4-16(5-7-17)26-20-19-18(8-12-25-21(19)29)28(27-20)22(10-11-23)9-3-13-31-14-22/h4-7,15,18-20,24,26-27H,3,8-10,12-14H2,1-2H3,(H,25,29)/t18?,19?,20?,22-,32?/m0/s1. The van der Waals surface area contributed by atoms with Gasteiger partial charge >= 0.3 is 0 Å². The van der Waals surface area contributed by atoms with Crippen molar-refractivity contribution in [2.45, 2.75) is 67.4 Å². The molecule has 4 rings (SSSR count). The zero-order valence-corrected chi connectivity index (χ0v) is 19.4. The Labute approximate surface area is 189 Å². The van der Waals surface area contributed by atoms with Crippen molar-refractivity contribution < 1.29 is 13.7 Å². The lowest BCUT2D eigenvalue weighted by atomic mass is 9.84. The number of nitrogens with one attached hydrogen (secondary N) is 4. The van der Waals surface area contributed by atoms with E-state index in [2.05, 4.69) is 27.1 Å². The summed E-state index contributed by atoms with van der Waals surface area (Å²) in [4.78, 5) is 13.4. The zero-order chi connectivity index (χ0) is 22.9. The summed E-state index contributed by atoms with van der Waals surface area (Å²) in [7, 11) is -2.85. The van der Waals surface area contributed by atoms with Gasteiger partial charge in [0.1, 0.15) is 6.17 Å². The molecular weight excluding hydrogens is 428 g/mol. The first kappa shape index (κ1) is 23.0. The molecule has 0 aliphatic carbocycles. The molecule has 0 radical (unpaired) electrons. The maximum atomic E-state index is 12.9. The van der Waals surface area contributed by atoms with Crippen molar-refractivity contribution in [2.24, 2.45) is 5.92 Å². The van der Waals surface area contributed by atoms with E-state index in [0.717, 1.165) is 24.9 Å². The summed E-state index contributed by atoms with van der Waals surface area (Å²) in [5, 5.41) is 17.8. The number of hydrogen-bond acceptors (Lipinski definition) is 8. The van der Waals surface area contributed by atoms with Gasteiger partial charge in [-0.3, -0.25) is 4.79 Å². The normalized spacial score (nSPS) is 32.6. The summed E-state index contributed by atoms with van der Waals surface area (Å²) in [5.74, 6) is -0.333. The Morgan fingerprint density at radius 1 is 1.41 bits per heavy atom. The van der Waals surface area contributed by atoms with Crippen molar-refractivity contribution in [3.05, 3.63) is 24.3 Å². The summed E-state index contributed by atoms with van der Waals surface area (Å²) in [5.41, 5.74) is 3.83. The van der Waals surface area contributed by atoms with E-state index in [1.54, 1.807) is 38.1 Å². The lowest BCUT2D eigenvalue weighted by Gasteiger charge is -2.46. The number of piperidine rings is 1. The third kappa shape index (κ3) is 4.10. The summed E-state index contributed by atoms with van der Waals surface area (Å²) in [6.45, 7) is 5.33. The monoisotopic (exact) mass is 460 g/mol. The maximum Gasteiger partial charge on any atom is 0.228 e. The molecule has 3 fully saturated rings. The number of nitrogens with zero attached hydrogens (tertiary/aromatic N) is 2. The molecule has 5 atom stereocenters. The predicted molar refractivity (Wildman–Crippen MR) is 121 cm³/mol. The number of amides is 1. The van der Waals surface area contributed by atoms with Crippen molar-refractivity contribution in [3.63, 3.8) is 0 Å². The number of benzene rings is 1. The van der Waals surface area contributed by atoms with Gasteiger partial charge in [-0.1, -0.05) is 0 Å². The molecule has 4 N–H and O–H groups in total. The molecule has 3 heterocycles. The van der Waals surface area contributed by atoms with Crippen LogP contribution in [0, 0.1) is 22.0 Å². The van der Waals surface area contributed by atoms with E-state index in [1.165, 1.54) is 0 Å². The molecule has 10 heteroatoms. The first-order chi connectivity index (χ1) is 15.3. The Balaban J connectivity index is 1.59. The zero-order valence-electron chi connectivity index (χ0n) is 18.6. The van der Waals surface area contributed by atoms with E-state index >= 15 is 0 Å². The second-order valence-electron chi connectivity index (χ2n) is 9.18. The minimum atomic E-state index is -2.85. The minimum absolute atomic E-state index is 0.0109. The van der Waals surface area contributed by atoms with Crippen molar-refractivity contribution in [3.8, 4) is 6.07 Å². The highest BCUT2D eigenvalue weighted by atomic mass is 32.2. The first-order valence-electron chi connectivity index (χ1n) is 11.2. The Hall–Kier alpha value is -2.19. The Morgan fingerprint density at radius 2 is 2.16 bits per heavy atom. The largest absolute Gasteiger partial charge is 0.379 e. The second-order valence-corrected chi connectivity index (χ2v) is 11.8. The number of fused-ring (bicyclic) bond motifs is 1. The smallest absolute Gasteiger partial charge is 0.228 e. The molecule has 0 aromatic heterocycles. The molecule has 1 aromatic rings. The van der Waals surface area contributed by atoms with E-state index in [0.29, 0.717) is 31.1 Å². The minimum Gasteiger partial charge on any atom is -0.379 e. The van der Waals surface area contributed by atoms with Crippen molar-refractivity contribution >= 4 is 21.3 Å². The summed E-state index contributed by atoms with van der Waals surface area (Å²) < 4.78 is 26.6. The molecule has 3 saturated heterocycles. The average Bonchev–Trinajstić information content (AvgIpc) is 3.15. The molecular formula is C22H32N6O3S. The van der Waals surface area contributed by atoms with Gasteiger partial charge in [0.25, 0.3) is 0 Å². The number of nitriles is 1. The van der Waals surface area contributed by atoms with Crippen LogP contribution in [0.25, 0.3) is 0 Å². The van der Waals surface area contributed by atoms with E-state index in [-0.39, 0.29) is 29.3 Å². The fourth-order valence-electron chi connectivity index (χ4n) is 5.02. The average molecular weight is 461 g/mol. The van der Waals surface area contributed by atoms with Gasteiger partial charge in [0, 0.05) is 35.0 Å². The number of carbonyl (C=O) groups is 1.